The van der Waals surface area contributed by atoms with Crippen molar-refractivity contribution in [1.29, 1.82) is 0 Å². The molecule has 0 spiro atoms. The first-order chi connectivity index (χ1) is 21.3. The smallest absolute Gasteiger partial charge is 0.101 e. The van der Waals surface area contributed by atoms with E-state index in [2.05, 4.69) is 43.0 Å². The van der Waals surface area contributed by atoms with Gasteiger partial charge in [0.15, 0.2) is 0 Å². The fraction of sp³-hybridized carbons (Fsp3) is 0.951. The van der Waals surface area contributed by atoms with Crippen LogP contribution in [0, 0.1) is 0 Å². The van der Waals surface area contributed by atoms with Crippen molar-refractivity contribution in [2.75, 3.05) is 13.1 Å². The highest BCUT2D eigenvalue weighted by Crippen LogP contribution is 2.24. The van der Waals surface area contributed by atoms with Gasteiger partial charge in [-0.1, -0.05) is 207 Å². The summed E-state index contributed by atoms with van der Waals surface area (Å²) in [5, 5.41) is 0. The van der Waals surface area contributed by atoms with Crippen molar-refractivity contribution in [2.24, 2.45) is 0 Å². The van der Waals surface area contributed by atoms with Crippen molar-refractivity contribution < 1.29 is 0 Å². The van der Waals surface area contributed by atoms with Crippen molar-refractivity contribution >= 4 is 0 Å². The number of nitrogens with zero attached hydrogens (tertiary/aromatic N) is 2. The lowest BCUT2D eigenvalue weighted by Gasteiger charge is -2.33. The molecule has 0 N–H and O–H groups in total. The Morgan fingerprint density at radius 3 is 0.814 bits per heavy atom. The molecule has 0 aromatic heterocycles. The quantitative estimate of drug-likeness (QED) is 0.0666. The van der Waals surface area contributed by atoms with E-state index in [0.29, 0.717) is 6.17 Å². The van der Waals surface area contributed by atoms with E-state index in [1.54, 1.807) is 0 Å². The summed E-state index contributed by atoms with van der Waals surface area (Å²) in [6.07, 6.45) is 52.9. The molecule has 0 saturated carbocycles. The predicted molar refractivity (Wildman–Crippen MR) is 196 cm³/mol. The molecule has 0 radical (unpaired) electrons. The molecular formula is C41H82N2. The Morgan fingerprint density at radius 2 is 0.535 bits per heavy atom. The van der Waals surface area contributed by atoms with Crippen LogP contribution < -0.4 is 0 Å². The molecule has 0 aromatic rings. The van der Waals surface area contributed by atoms with Crippen LogP contribution in [0.2, 0.25) is 0 Å². The van der Waals surface area contributed by atoms with Gasteiger partial charge in [-0.25, -0.2) is 0 Å². The minimum atomic E-state index is 0.640. The second-order valence-electron chi connectivity index (χ2n) is 14.3. The zero-order valence-corrected chi connectivity index (χ0v) is 30.4. The van der Waals surface area contributed by atoms with E-state index in [0.717, 1.165) is 0 Å². The minimum absolute atomic E-state index is 0.640. The molecule has 2 heteroatoms. The number of unbranched alkanes of at least 4 members (excludes halogenated alkanes) is 29. The molecule has 1 aliphatic rings. The second-order valence-corrected chi connectivity index (χ2v) is 14.3. The average molecular weight is 603 g/mol. The summed E-state index contributed by atoms with van der Waals surface area (Å²) in [6.45, 7) is 9.48. The van der Waals surface area contributed by atoms with Crippen LogP contribution in [0.4, 0.5) is 0 Å². The Balaban J connectivity index is 2.12. The summed E-state index contributed by atoms with van der Waals surface area (Å²) in [4.78, 5) is 5.42. The van der Waals surface area contributed by atoms with Gasteiger partial charge in [-0.3, -0.25) is 0 Å². The zero-order valence-electron chi connectivity index (χ0n) is 30.4. The summed E-state index contributed by atoms with van der Waals surface area (Å²) in [6, 6.07) is 0. The molecular weight excluding hydrogens is 520 g/mol. The van der Waals surface area contributed by atoms with Gasteiger partial charge in [0.25, 0.3) is 0 Å². The first-order valence-electron chi connectivity index (χ1n) is 20.5. The molecule has 1 rings (SSSR count). The van der Waals surface area contributed by atoms with Crippen molar-refractivity contribution in [3.05, 3.63) is 12.4 Å². The molecule has 0 bridgehead atoms. The third-order valence-electron chi connectivity index (χ3n) is 10.1. The fourth-order valence-corrected chi connectivity index (χ4v) is 7.07. The summed E-state index contributed by atoms with van der Waals surface area (Å²) in [7, 11) is 0. The summed E-state index contributed by atoms with van der Waals surface area (Å²) >= 11 is 0. The Labute approximate surface area is 273 Å². The third-order valence-corrected chi connectivity index (χ3v) is 10.1. The first kappa shape index (κ1) is 40.4. The Bertz CT molecular complexity index is 558. The number of hydrogen-bond donors (Lipinski definition) is 0. The summed E-state index contributed by atoms with van der Waals surface area (Å²) in [5.41, 5.74) is 0. The van der Waals surface area contributed by atoms with Crippen molar-refractivity contribution in [2.45, 2.75) is 239 Å². The SMILES string of the molecule is CCCCCCCCCCCCCCCCCCN1C=CN(CCCCCCC)C1CCCCCCCCCCCCC. The van der Waals surface area contributed by atoms with E-state index in [9.17, 15) is 0 Å². The summed E-state index contributed by atoms with van der Waals surface area (Å²) in [5.74, 6) is 0. The van der Waals surface area contributed by atoms with Crippen LogP contribution in [-0.4, -0.2) is 29.1 Å². The lowest BCUT2D eigenvalue weighted by molar-refractivity contribution is 0.135. The highest BCUT2D eigenvalue weighted by Gasteiger charge is 2.24. The van der Waals surface area contributed by atoms with E-state index < -0.39 is 0 Å². The van der Waals surface area contributed by atoms with Crippen LogP contribution >= 0.6 is 0 Å². The monoisotopic (exact) mass is 603 g/mol. The number of rotatable bonds is 35. The van der Waals surface area contributed by atoms with Crippen LogP contribution in [0.25, 0.3) is 0 Å². The van der Waals surface area contributed by atoms with E-state index in [4.69, 9.17) is 0 Å². The first-order valence-corrected chi connectivity index (χ1v) is 20.5. The van der Waals surface area contributed by atoms with Gasteiger partial charge in [-0.2, -0.15) is 0 Å². The van der Waals surface area contributed by atoms with Gasteiger partial charge >= 0.3 is 0 Å². The maximum atomic E-state index is 2.71. The van der Waals surface area contributed by atoms with Gasteiger partial charge in [0.2, 0.25) is 0 Å². The molecule has 0 aromatic carbocycles. The standard InChI is InChI=1S/C41H82N2/c1-4-7-10-13-15-17-19-20-21-22-23-25-27-29-32-35-38-43-40-39-42(37-34-31-12-9-6-3)41(43)36-33-30-28-26-24-18-16-14-11-8-5-2/h39-41H,4-38H2,1-3H3. The van der Waals surface area contributed by atoms with Gasteiger partial charge in [-0.05, 0) is 25.7 Å². The molecule has 1 atom stereocenters. The van der Waals surface area contributed by atoms with Crippen molar-refractivity contribution in [3.63, 3.8) is 0 Å². The second kappa shape index (κ2) is 32.7. The van der Waals surface area contributed by atoms with Crippen LogP contribution in [0.5, 0.6) is 0 Å². The van der Waals surface area contributed by atoms with E-state index in [-0.39, 0.29) is 0 Å². The highest BCUT2D eigenvalue weighted by molar-refractivity contribution is 4.97. The molecule has 256 valence electrons. The molecule has 1 aliphatic heterocycles. The molecule has 43 heavy (non-hydrogen) atoms. The van der Waals surface area contributed by atoms with Crippen LogP contribution in [0.3, 0.4) is 0 Å². The lowest BCUT2D eigenvalue weighted by atomic mass is 10.0. The Kier molecular flexibility index (Phi) is 30.7. The molecule has 0 amide bonds. The third kappa shape index (κ3) is 25.2. The van der Waals surface area contributed by atoms with Gasteiger partial charge in [0.1, 0.15) is 6.17 Å². The normalized spacial score (nSPS) is 14.9. The Hall–Kier alpha value is -0.660. The maximum Gasteiger partial charge on any atom is 0.101 e. The molecule has 1 heterocycles. The molecule has 2 nitrogen and oxygen atoms in total. The predicted octanol–water partition coefficient (Wildman–Crippen LogP) is 14.3. The van der Waals surface area contributed by atoms with E-state index in [1.807, 2.05) is 0 Å². The zero-order chi connectivity index (χ0) is 30.9. The number of hydrogen-bond acceptors (Lipinski definition) is 2. The maximum absolute atomic E-state index is 2.71. The minimum Gasteiger partial charge on any atom is -0.356 e. The van der Waals surface area contributed by atoms with Crippen molar-refractivity contribution in [3.8, 4) is 0 Å². The van der Waals surface area contributed by atoms with Crippen LogP contribution in [-0.2, 0) is 0 Å². The van der Waals surface area contributed by atoms with Gasteiger partial charge < -0.3 is 9.80 Å². The van der Waals surface area contributed by atoms with Crippen LogP contribution in [0.15, 0.2) is 12.4 Å². The molecule has 0 aliphatic carbocycles. The fourth-order valence-electron chi connectivity index (χ4n) is 7.07. The topological polar surface area (TPSA) is 6.48 Å². The summed E-state index contributed by atoms with van der Waals surface area (Å²) < 4.78 is 0. The molecule has 0 saturated heterocycles. The molecule has 1 unspecified atom stereocenters. The average Bonchev–Trinajstić information content (AvgIpc) is 3.40. The van der Waals surface area contributed by atoms with E-state index in [1.165, 1.54) is 225 Å². The van der Waals surface area contributed by atoms with Crippen LogP contribution in [0.1, 0.15) is 233 Å². The van der Waals surface area contributed by atoms with Crippen molar-refractivity contribution in [1.82, 2.24) is 9.80 Å². The highest BCUT2D eigenvalue weighted by atomic mass is 15.4. The van der Waals surface area contributed by atoms with Gasteiger partial charge in [0.05, 0.1) is 0 Å². The van der Waals surface area contributed by atoms with Gasteiger partial charge in [-0.15, -0.1) is 0 Å². The molecule has 0 fully saturated rings. The lowest BCUT2D eigenvalue weighted by Crippen LogP contribution is -2.39. The largest absolute Gasteiger partial charge is 0.356 e. The Morgan fingerprint density at radius 1 is 0.302 bits per heavy atom. The van der Waals surface area contributed by atoms with Gasteiger partial charge in [0, 0.05) is 25.5 Å². The van der Waals surface area contributed by atoms with E-state index >= 15 is 0 Å².